The summed E-state index contributed by atoms with van der Waals surface area (Å²) >= 11 is 5.92. The van der Waals surface area contributed by atoms with Crippen molar-refractivity contribution in [3.63, 3.8) is 0 Å². The highest BCUT2D eigenvalue weighted by Gasteiger charge is 2.21. The third-order valence-electron chi connectivity index (χ3n) is 2.00. The fraction of sp³-hybridized carbons (Fsp3) is 0.875. The van der Waals surface area contributed by atoms with Gasteiger partial charge >= 0.3 is 0 Å². The van der Waals surface area contributed by atoms with E-state index in [-0.39, 0.29) is 11.0 Å². The van der Waals surface area contributed by atoms with E-state index < -0.39 is 0 Å². The zero-order chi connectivity index (χ0) is 10.8. The van der Waals surface area contributed by atoms with Crippen LogP contribution in [0, 0.1) is 0 Å². The SMILES string of the molecule is COC(C)(C)Cn1nnnc1C(C)Cl. The number of halogens is 1. The first-order chi connectivity index (χ1) is 6.46. The molecule has 0 radical (unpaired) electrons. The molecule has 1 rings (SSSR count). The van der Waals surface area contributed by atoms with Crippen LogP contribution < -0.4 is 0 Å². The molecule has 0 aliphatic rings. The van der Waals surface area contributed by atoms with Gasteiger partial charge in [0.05, 0.1) is 17.5 Å². The summed E-state index contributed by atoms with van der Waals surface area (Å²) in [7, 11) is 1.66. The van der Waals surface area contributed by atoms with Crippen LogP contribution in [0.2, 0.25) is 0 Å². The fourth-order valence-corrected chi connectivity index (χ4v) is 1.19. The lowest BCUT2D eigenvalue weighted by Gasteiger charge is -2.22. The fourth-order valence-electron chi connectivity index (χ4n) is 1.03. The van der Waals surface area contributed by atoms with Crippen LogP contribution in [0.3, 0.4) is 0 Å². The molecule has 6 heteroatoms. The molecule has 1 unspecified atom stereocenters. The molecule has 1 heterocycles. The van der Waals surface area contributed by atoms with E-state index in [9.17, 15) is 0 Å². The number of nitrogens with zero attached hydrogens (tertiary/aromatic N) is 4. The summed E-state index contributed by atoms with van der Waals surface area (Å²) in [6.07, 6.45) is 0. The topological polar surface area (TPSA) is 52.8 Å². The minimum atomic E-state index is -0.296. The van der Waals surface area contributed by atoms with Crippen LogP contribution in [0.1, 0.15) is 32.0 Å². The average molecular weight is 219 g/mol. The van der Waals surface area contributed by atoms with Crippen LogP contribution >= 0.6 is 11.6 Å². The second-order valence-corrected chi connectivity index (χ2v) is 4.43. The molecule has 1 aromatic rings. The van der Waals surface area contributed by atoms with Gasteiger partial charge in [-0.05, 0) is 31.2 Å². The highest BCUT2D eigenvalue weighted by molar-refractivity contribution is 6.20. The van der Waals surface area contributed by atoms with Gasteiger partial charge in [-0.1, -0.05) is 0 Å². The van der Waals surface area contributed by atoms with Crippen LogP contribution in [-0.4, -0.2) is 32.9 Å². The normalized spacial score (nSPS) is 14.4. The molecule has 0 amide bonds. The van der Waals surface area contributed by atoms with Gasteiger partial charge in [0.15, 0.2) is 5.82 Å². The Bertz CT molecular complexity index is 297. The van der Waals surface area contributed by atoms with E-state index in [1.807, 2.05) is 20.8 Å². The van der Waals surface area contributed by atoms with Gasteiger partial charge in [0.2, 0.25) is 0 Å². The van der Waals surface area contributed by atoms with Gasteiger partial charge in [-0.3, -0.25) is 0 Å². The molecule has 80 valence electrons. The predicted molar refractivity (Wildman–Crippen MR) is 53.2 cm³/mol. The Morgan fingerprint density at radius 1 is 1.57 bits per heavy atom. The number of hydrogen-bond acceptors (Lipinski definition) is 4. The van der Waals surface area contributed by atoms with Crippen molar-refractivity contribution < 1.29 is 4.74 Å². The molecule has 0 aliphatic heterocycles. The molecule has 14 heavy (non-hydrogen) atoms. The Morgan fingerprint density at radius 2 is 2.21 bits per heavy atom. The lowest BCUT2D eigenvalue weighted by atomic mass is 10.1. The number of aromatic nitrogens is 4. The summed E-state index contributed by atoms with van der Waals surface area (Å²) in [6.45, 7) is 6.36. The molecule has 0 N–H and O–H groups in total. The Kier molecular flexibility index (Phi) is 3.44. The van der Waals surface area contributed by atoms with Crippen molar-refractivity contribution in [2.45, 2.75) is 38.3 Å². The summed E-state index contributed by atoms with van der Waals surface area (Å²) in [5, 5.41) is 11.1. The summed E-state index contributed by atoms with van der Waals surface area (Å²) in [6, 6.07) is 0. The Hall–Kier alpha value is -0.680. The largest absolute Gasteiger partial charge is 0.377 e. The van der Waals surface area contributed by atoms with Crippen molar-refractivity contribution in [1.29, 1.82) is 0 Å². The first-order valence-electron chi connectivity index (χ1n) is 4.41. The number of tetrazole rings is 1. The van der Waals surface area contributed by atoms with Crippen LogP contribution in [0.15, 0.2) is 0 Å². The molecular formula is C8H15ClN4O. The van der Waals surface area contributed by atoms with Gasteiger partial charge in [0.1, 0.15) is 0 Å². The molecular weight excluding hydrogens is 204 g/mol. The van der Waals surface area contributed by atoms with Crippen LogP contribution in [-0.2, 0) is 11.3 Å². The summed E-state index contributed by atoms with van der Waals surface area (Å²) in [5.41, 5.74) is -0.296. The number of hydrogen-bond donors (Lipinski definition) is 0. The summed E-state index contributed by atoms with van der Waals surface area (Å²) in [4.78, 5) is 0. The highest BCUT2D eigenvalue weighted by Crippen LogP contribution is 2.18. The number of ether oxygens (including phenoxy) is 1. The van der Waals surface area contributed by atoms with Gasteiger partial charge in [0, 0.05) is 7.11 Å². The van der Waals surface area contributed by atoms with Crippen molar-refractivity contribution in [2.24, 2.45) is 0 Å². The molecule has 1 aromatic heterocycles. The third-order valence-corrected chi connectivity index (χ3v) is 2.19. The first-order valence-corrected chi connectivity index (χ1v) is 4.85. The van der Waals surface area contributed by atoms with E-state index in [4.69, 9.17) is 16.3 Å². The molecule has 0 aliphatic carbocycles. The molecule has 0 saturated heterocycles. The molecule has 0 bridgehead atoms. The van der Waals surface area contributed by atoms with E-state index in [1.54, 1.807) is 11.8 Å². The van der Waals surface area contributed by atoms with E-state index in [0.29, 0.717) is 12.4 Å². The van der Waals surface area contributed by atoms with Crippen LogP contribution in [0.5, 0.6) is 0 Å². The number of rotatable bonds is 4. The van der Waals surface area contributed by atoms with Crippen molar-refractivity contribution in [3.8, 4) is 0 Å². The second-order valence-electron chi connectivity index (χ2n) is 3.77. The van der Waals surface area contributed by atoms with Crippen molar-refractivity contribution in [2.75, 3.05) is 7.11 Å². The maximum Gasteiger partial charge on any atom is 0.168 e. The molecule has 0 saturated carbocycles. The molecule has 5 nitrogen and oxygen atoms in total. The van der Waals surface area contributed by atoms with Gasteiger partial charge in [-0.25, -0.2) is 4.68 Å². The molecule has 0 fully saturated rings. The number of methoxy groups -OCH3 is 1. The summed E-state index contributed by atoms with van der Waals surface area (Å²) < 4.78 is 6.95. The number of alkyl halides is 1. The Labute approximate surface area is 88.4 Å². The first kappa shape index (κ1) is 11.4. The smallest absolute Gasteiger partial charge is 0.168 e. The lowest BCUT2D eigenvalue weighted by Crippen LogP contribution is -2.30. The quantitative estimate of drug-likeness (QED) is 0.717. The average Bonchev–Trinajstić information content (AvgIpc) is 2.51. The molecule has 0 aromatic carbocycles. The van der Waals surface area contributed by atoms with Crippen molar-refractivity contribution >= 4 is 11.6 Å². The van der Waals surface area contributed by atoms with Gasteiger partial charge < -0.3 is 4.74 Å². The lowest BCUT2D eigenvalue weighted by molar-refractivity contribution is 0.00430. The van der Waals surface area contributed by atoms with E-state index in [0.717, 1.165) is 0 Å². The van der Waals surface area contributed by atoms with Crippen molar-refractivity contribution in [3.05, 3.63) is 5.82 Å². The van der Waals surface area contributed by atoms with Crippen molar-refractivity contribution in [1.82, 2.24) is 20.2 Å². The van der Waals surface area contributed by atoms with Gasteiger partial charge in [0.25, 0.3) is 0 Å². The maximum atomic E-state index is 5.92. The Balaban J connectivity index is 2.81. The van der Waals surface area contributed by atoms with E-state index in [1.165, 1.54) is 0 Å². The van der Waals surface area contributed by atoms with E-state index >= 15 is 0 Å². The molecule has 0 spiro atoms. The Morgan fingerprint density at radius 3 is 2.71 bits per heavy atom. The minimum absolute atomic E-state index is 0.197. The van der Waals surface area contributed by atoms with Crippen LogP contribution in [0.25, 0.3) is 0 Å². The zero-order valence-corrected chi connectivity index (χ0v) is 9.62. The summed E-state index contributed by atoms with van der Waals surface area (Å²) in [5.74, 6) is 0.664. The van der Waals surface area contributed by atoms with Crippen LogP contribution in [0.4, 0.5) is 0 Å². The zero-order valence-electron chi connectivity index (χ0n) is 8.86. The third kappa shape index (κ3) is 2.65. The van der Waals surface area contributed by atoms with Gasteiger partial charge in [-0.15, -0.1) is 16.7 Å². The van der Waals surface area contributed by atoms with E-state index in [2.05, 4.69) is 15.5 Å². The second kappa shape index (κ2) is 4.23. The maximum absolute atomic E-state index is 5.92. The minimum Gasteiger partial charge on any atom is -0.377 e. The highest BCUT2D eigenvalue weighted by atomic mass is 35.5. The predicted octanol–water partition coefficient (Wildman–Crippen LogP) is 1.40. The van der Waals surface area contributed by atoms with Gasteiger partial charge in [-0.2, -0.15) is 0 Å². The molecule has 1 atom stereocenters. The monoisotopic (exact) mass is 218 g/mol. The standard InChI is InChI=1S/C8H15ClN4O/c1-6(9)7-10-11-12-13(7)5-8(2,3)14-4/h6H,5H2,1-4H3.